The highest BCUT2D eigenvalue weighted by Crippen LogP contribution is 2.30. The van der Waals surface area contributed by atoms with Gasteiger partial charge in [0.15, 0.2) is 0 Å². The summed E-state index contributed by atoms with van der Waals surface area (Å²) < 4.78 is 11.4. The second-order valence-corrected chi connectivity index (χ2v) is 9.91. The van der Waals surface area contributed by atoms with Gasteiger partial charge in [0.25, 0.3) is 0 Å². The smallest absolute Gasteiger partial charge is 0.227 e. The molecule has 1 aliphatic rings. The summed E-state index contributed by atoms with van der Waals surface area (Å²) >= 11 is 3.34. The van der Waals surface area contributed by atoms with Crippen molar-refractivity contribution < 1.29 is 9.26 Å². The minimum absolute atomic E-state index is 0.0729. The Morgan fingerprint density at radius 3 is 2.89 bits per heavy atom. The molecule has 4 heterocycles. The molecule has 0 amide bonds. The standard InChI is InChI=1S/C20H26N4O2S2/c1-20(2,3)16-13-28-19(21-16)14-12-24(9-10-25-14)8-4-7-17-22-18(23-26-17)15-6-5-11-27-15/h5-6,11,13-14H,4,7-10,12H2,1-3H3. The topological polar surface area (TPSA) is 64.3 Å². The van der Waals surface area contributed by atoms with E-state index in [1.165, 1.54) is 0 Å². The quantitative estimate of drug-likeness (QED) is 0.585. The van der Waals surface area contributed by atoms with Gasteiger partial charge in [-0.25, -0.2) is 4.98 Å². The van der Waals surface area contributed by atoms with Crippen LogP contribution < -0.4 is 0 Å². The Morgan fingerprint density at radius 2 is 2.14 bits per heavy atom. The van der Waals surface area contributed by atoms with E-state index in [0.717, 1.165) is 54.7 Å². The third-order valence-corrected chi connectivity index (χ3v) is 6.59. The number of ether oxygens (including phenoxy) is 1. The van der Waals surface area contributed by atoms with Crippen molar-refractivity contribution in [1.29, 1.82) is 0 Å². The van der Waals surface area contributed by atoms with Crippen molar-refractivity contribution in [3.8, 4) is 10.7 Å². The van der Waals surface area contributed by atoms with E-state index >= 15 is 0 Å². The highest BCUT2D eigenvalue weighted by Gasteiger charge is 2.26. The Bertz CT molecular complexity index is 882. The molecule has 3 aromatic heterocycles. The normalized spacial score (nSPS) is 18.6. The average Bonchev–Trinajstić information content (AvgIpc) is 3.41. The summed E-state index contributed by atoms with van der Waals surface area (Å²) in [5, 5.41) is 9.36. The van der Waals surface area contributed by atoms with Gasteiger partial charge in [-0.05, 0) is 24.4 Å². The maximum atomic E-state index is 6.00. The monoisotopic (exact) mass is 418 g/mol. The summed E-state index contributed by atoms with van der Waals surface area (Å²) in [5.74, 6) is 1.40. The minimum Gasteiger partial charge on any atom is -0.368 e. The number of aromatic nitrogens is 3. The molecule has 1 aliphatic heterocycles. The summed E-state index contributed by atoms with van der Waals surface area (Å²) in [4.78, 5) is 12.8. The molecule has 0 radical (unpaired) electrons. The van der Waals surface area contributed by atoms with Gasteiger partial charge in [-0.3, -0.25) is 4.90 Å². The summed E-state index contributed by atoms with van der Waals surface area (Å²) in [6.07, 6.45) is 1.86. The molecular weight excluding hydrogens is 392 g/mol. The van der Waals surface area contributed by atoms with Crippen LogP contribution in [0.1, 0.15) is 49.9 Å². The fourth-order valence-corrected chi connectivity index (χ4v) is 4.88. The molecule has 0 saturated carbocycles. The first-order valence-corrected chi connectivity index (χ1v) is 11.4. The molecule has 0 N–H and O–H groups in total. The van der Waals surface area contributed by atoms with E-state index in [-0.39, 0.29) is 11.5 Å². The molecule has 1 saturated heterocycles. The molecule has 1 atom stereocenters. The van der Waals surface area contributed by atoms with Gasteiger partial charge in [0.2, 0.25) is 11.7 Å². The maximum absolute atomic E-state index is 6.00. The molecule has 1 fully saturated rings. The zero-order valence-corrected chi connectivity index (χ0v) is 18.2. The fourth-order valence-electron chi connectivity index (χ4n) is 3.15. The van der Waals surface area contributed by atoms with Crippen LogP contribution in [0.3, 0.4) is 0 Å². The zero-order valence-electron chi connectivity index (χ0n) is 16.6. The molecule has 1 unspecified atom stereocenters. The predicted molar refractivity (Wildman–Crippen MR) is 112 cm³/mol. The minimum atomic E-state index is 0.0729. The first-order chi connectivity index (χ1) is 13.5. The third kappa shape index (κ3) is 4.68. The Kier molecular flexibility index (Phi) is 5.91. The Hall–Kier alpha value is -1.61. The molecular formula is C20H26N4O2S2. The summed E-state index contributed by atoms with van der Waals surface area (Å²) in [6, 6.07) is 4.01. The lowest BCUT2D eigenvalue weighted by Gasteiger charge is -2.31. The number of thiophene rings is 1. The predicted octanol–water partition coefficient (Wildman–Crippen LogP) is 4.56. The number of nitrogens with zero attached hydrogens (tertiary/aromatic N) is 4. The van der Waals surface area contributed by atoms with E-state index < -0.39 is 0 Å². The molecule has 0 aromatic carbocycles. The summed E-state index contributed by atoms with van der Waals surface area (Å²) in [5.41, 5.74) is 1.22. The van der Waals surface area contributed by atoms with Crippen LogP contribution in [0, 0.1) is 0 Å². The lowest BCUT2D eigenvalue weighted by Crippen LogP contribution is -2.39. The maximum Gasteiger partial charge on any atom is 0.227 e. The van der Waals surface area contributed by atoms with E-state index in [2.05, 4.69) is 41.2 Å². The van der Waals surface area contributed by atoms with Crippen LogP contribution in [0.25, 0.3) is 10.7 Å². The van der Waals surface area contributed by atoms with Gasteiger partial charge in [-0.1, -0.05) is 32.0 Å². The van der Waals surface area contributed by atoms with Crippen molar-refractivity contribution in [2.24, 2.45) is 0 Å². The van der Waals surface area contributed by atoms with E-state index in [9.17, 15) is 0 Å². The first-order valence-electron chi connectivity index (χ1n) is 9.65. The molecule has 3 aromatic rings. The molecule has 0 bridgehead atoms. The summed E-state index contributed by atoms with van der Waals surface area (Å²) in [6.45, 7) is 10.2. The van der Waals surface area contributed by atoms with Gasteiger partial charge in [0.1, 0.15) is 11.1 Å². The second kappa shape index (κ2) is 8.41. The van der Waals surface area contributed by atoms with Crippen molar-refractivity contribution >= 4 is 22.7 Å². The van der Waals surface area contributed by atoms with Crippen LogP contribution in [0.15, 0.2) is 27.4 Å². The Morgan fingerprint density at radius 1 is 1.25 bits per heavy atom. The number of hydrogen-bond donors (Lipinski definition) is 0. The van der Waals surface area contributed by atoms with Gasteiger partial charge >= 0.3 is 0 Å². The highest BCUT2D eigenvalue weighted by molar-refractivity contribution is 7.13. The molecule has 150 valence electrons. The number of hydrogen-bond acceptors (Lipinski definition) is 8. The largest absolute Gasteiger partial charge is 0.368 e. The Balaban J connectivity index is 1.28. The SMILES string of the molecule is CC(C)(C)c1csc(C2CN(CCCc3nc(-c4cccs4)no3)CCO2)n1. The molecule has 4 rings (SSSR count). The van der Waals surface area contributed by atoms with E-state index in [0.29, 0.717) is 11.7 Å². The van der Waals surface area contributed by atoms with Crippen molar-refractivity contribution in [2.75, 3.05) is 26.2 Å². The van der Waals surface area contributed by atoms with Gasteiger partial charge in [0, 0.05) is 30.3 Å². The van der Waals surface area contributed by atoms with Crippen molar-refractivity contribution in [3.63, 3.8) is 0 Å². The van der Waals surface area contributed by atoms with Crippen molar-refractivity contribution in [1.82, 2.24) is 20.0 Å². The molecule has 8 heteroatoms. The van der Waals surface area contributed by atoms with Crippen LogP contribution in [-0.2, 0) is 16.6 Å². The van der Waals surface area contributed by atoms with Crippen LogP contribution >= 0.6 is 22.7 Å². The average molecular weight is 419 g/mol. The Labute approximate surface area is 173 Å². The van der Waals surface area contributed by atoms with Crippen LogP contribution in [0.4, 0.5) is 0 Å². The number of morpholine rings is 1. The van der Waals surface area contributed by atoms with Crippen LogP contribution in [-0.4, -0.2) is 46.3 Å². The fraction of sp³-hybridized carbons (Fsp3) is 0.550. The lowest BCUT2D eigenvalue weighted by atomic mass is 9.93. The van der Waals surface area contributed by atoms with E-state index in [1.54, 1.807) is 22.7 Å². The number of rotatable bonds is 6. The van der Waals surface area contributed by atoms with Crippen molar-refractivity contribution in [3.05, 3.63) is 39.5 Å². The van der Waals surface area contributed by atoms with Gasteiger partial charge in [-0.15, -0.1) is 22.7 Å². The first kappa shape index (κ1) is 19.7. The zero-order chi connectivity index (χ0) is 19.6. The van der Waals surface area contributed by atoms with Gasteiger partial charge in [-0.2, -0.15) is 4.98 Å². The number of aryl methyl sites for hydroxylation is 1. The van der Waals surface area contributed by atoms with Crippen LogP contribution in [0.5, 0.6) is 0 Å². The molecule has 0 spiro atoms. The number of thiazole rings is 1. The van der Waals surface area contributed by atoms with E-state index in [4.69, 9.17) is 14.2 Å². The van der Waals surface area contributed by atoms with Crippen LogP contribution in [0.2, 0.25) is 0 Å². The summed E-state index contributed by atoms with van der Waals surface area (Å²) in [7, 11) is 0. The van der Waals surface area contributed by atoms with Gasteiger partial charge < -0.3 is 9.26 Å². The van der Waals surface area contributed by atoms with E-state index in [1.807, 2.05) is 17.5 Å². The second-order valence-electron chi connectivity index (χ2n) is 8.07. The third-order valence-electron chi connectivity index (χ3n) is 4.79. The molecule has 28 heavy (non-hydrogen) atoms. The molecule has 0 aliphatic carbocycles. The lowest BCUT2D eigenvalue weighted by molar-refractivity contribution is -0.0304. The molecule has 6 nitrogen and oxygen atoms in total. The van der Waals surface area contributed by atoms with Gasteiger partial charge in [0.05, 0.1) is 17.2 Å². The highest BCUT2D eigenvalue weighted by atomic mass is 32.1. The van der Waals surface area contributed by atoms with Crippen molar-refractivity contribution in [2.45, 2.75) is 45.1 Å².